The Morgan fingerprint density at radius 3 is 2.35 bits per heavy atom. The molecule has 0 bridgehead atoms. The number of amides is 5. The van der Waals surface area contributed by atoms with E-state index in [9.17, 15) is 37.5 Å². The van der Waals surface area contributed by atoms with Gasteiger partial charge in [-0.3, -0.25) is 14.5 Å². The molecule has 0 radical (unpaired) electrons. The third-order valence-electron chi connectivity index (χ3n) is 13.7. The highest BCUT2D eigenvalue weighted by molar-refractivity contribution is 6.05. The number of ether oxygens (including phenoxy) is 3. The van der Waals surface area contributed by atoms with Gasteiger partial charge in [0.05, 0.1) is 36.2 Å². The first kappa shape index (κ1) is 46.9. The number of imidazole rings is 1. The summed E-state index contributed by atoms with van der Waals surface area (Å²) in [5.74, 6) is -0.0971. The lowest BCUT2D eigenvalue weighted by atomic mass is 9.90. The standard InChI is InChI=1S/C47H59F3N8O8/c1-28-23-37(58(26-28)42(60)39(54-45(63)64-4)29-13-21-65-22-14-29)41-52-36-10-6-31-24-30(5-8-35(31)40(36)53-41)34-9-7-32(25-38(34)66-47(48,49)50)51-44(62)57-19-17-55(18-20-57)33-11-15-56(16-12-33)43(61)46(2,3)27-59/h5-10,24-25,28-29,33,37,39,59H,11-23,26-27H2,1-4H3,(H,51,62)(H,52,53)(H,54,63). The van der Waals surface area contributed by atoms with Crippen molar-refractivity contribution in [2.45, 2.75) is 77.4 Å². The molecule has 4 aromatic rings. The van der Waals surface area contributed by atoms with E-state index in [2.05, 4.69) is 32.2 Å². The number of alkyl carbamates (subject to hydrolysis) is 1. The van der Waals surface area contributed by atoms with E-state index in [0.29, 0.717) is 101 Å². The SMILES string of the molecule is COC(=O)NC(C(=O)N1CC(C)CC1c1nc2c(ccc3cc(-c4ccc(NC(=O)N5CCN(C6CCN(C(=O)C(C)(C)CO)CC6)CC5)cc4OC(F)(F)F)ccc32)[nH]1)C1CCOCC1. The van der Waals surface area contributed by atoms with Gasteiger partial charge in [0.25, 0.3) is 0 Å². The number of aromatic amines is 1. The Kier molecular flexibility index (Phi) is 13.7. The monoisotopic (exact) mass is 920 g/mol. The van der Waals surface area contributed by atoms with Crippen molar-refractivity contribution < 1.29 is 51.7 Å². The topological polar surface area (TPSA) is 182 Å². The maximum absolute atomic E-state index is 14.3. The average Bonchev–Trinajstić information content (AvgIpc) is 3.94. The van der Waals surface area contributed by atoms with Crippen LogP contribution >= 0.6 is 0 Å². The predicted molar refractivity (Wildman–Crippen MR) is 239 cm³/mol. The molecule has 4 saturated heterocycles. The molecule has 5 heterocycles. The van der Waals surface area contributed by atoms with Crippen molar-refractivity contribution in [3.05, 3.63) is 54.4 Å². The number of methoxy groups -OCH3 is 1. The number of nitrogens with zero attached hydrogens (tertiary/aromatic N) is 5. The minimum absolute atomic E-state index is 0.0586. The Balaban J connectivity index is 0.958. The molecule has 16 nitrogen and oxygen atoms in total. The highest BCUT2D eigenvalue weighted by Gasteiger charge is 2.43. The number of hydrogen-bond acceptors (Lipinski definition) is 10. The smallest absolute Gasteiger partial charge is 0.453 e. The van der Waals surface area contributed by atoms with E-state index in [4.69, 9.17) is 14.5 Å². The largest absolute Gasteiger partial charge is 0.573 e. The van der Waals surface area contributed by atoms with Crippen LogP contribution in [0.2, 0.25) is 0 Å². The van der Waals surface area contributed by atoms with Crippen LogP contribution in [0.15, 0.2) is 48.5 Å². The van der Waals surface area contributed by atoms with Crippen LogP contribution in [0.5, 0.6) is 5.75 Å². The summed E-state index contributed by atoms with van der Waals surface area (Å²) >= 11 is 0. The Morgan fingerprint density at radius 2 is 1.67 bits per heavy atom. The maximum atomic E-state index is 14.3. The quantitative estimate of drug-likeness (QED) is 0.137. The van der Waals surface area contributed by atoms with Crippen LogP contribution in [0, 0.1) is 17.3 Å². The zero-order valence-electron chi connectivity index (χ0n) is 37.8. The van der Waals surface area contributed by atoms with E-state index in [-0.39, 0.29) is 53.6 Å². The maximum Gasteiger partial charge on any atom is 0.573 e. The number of anilines is 1. The molecular formula is C47H59F3N8O8. The van der Waals surface area contributed by atoms with Gasteiger partial charge in [-0.15, -0.1) is 13.2 Å². The molecule has 0 aliphatic carbocycles. The fraction of sp³-hybridized carbons (Fsp3) is 0.553. The lowest BCUT2D eigenvalue weighted by molar-refractivity contribution is -0.274. The molecule has 4 aliphatic heterocycles. The number of piperidine rings is 1. The molecule has 0 saturated carbocycles. The van der Waals surface area contributed by atoms with Gasteiger partial charge in [0, 0.05) is 87.8 Å². The number of hydrogen-bond donors (Lipinski definition) is 4. The molecule has 356 valence electrons. The van der Waals surface area contributed by atoms with Crippen molar-refractivity contribution in [1.82, 2.24) is 34.9 Å². The van der Waals surface area contributed by atoms with Gasteiger partial charge in [0.2, 0.25) is 11.8 Å². The second-order valence-corrected chi connectivity index (χ2v) is 18.7. The van der Waals surface area contributed by atoms with E-state index in [1.807, 2.05) is 17.0 Å². The second kappa shape index (κ2) is 19.3. The predicted octanol–water partition coefficient (Wildman–Crippen LogP) is 6.50. The van der Waals surface area contributed by atoms with Crippen molar-refractivity contribution >= 4 is 51.4 Å². The number of H-pyrrole nitrogens is 1. The number of urea groups is 1. The van der Waals surface area contributed by atoms with Gasteiger partial charge in [-0.05, 0) is 93.0 Å². The zero-order valence-corrected chi connectivity index (χ0v) is 37.8. The number of aromatic nitrogens is 2. The average molecular weight is 921 g/mol. The van der Waals surface area contributed by atoms with Crippen molar-refractivity contribution in [1.29, 1.82) is 0 Å². The summed E-state index contributed by atoms with van der Waals surface area (Å²) < 4.78 is 56.6. The molecule has 4 fully saturated rings. The Labute approximate surface area is 381 Å². The third kappa shape index (κ3) is 10.2. The van der Waals surface area contributed by atoms with Gasteiger partial charge in [-0.25, -0.2) is 14.6 Å². The van der Waals surface area contributed by atoms with Gasteiger partial charge in [0.1, 0.15) is 17.6 Å². The number of rotatable bonds is 10. The summed E-state index contributed by atoms with van der Waals surface area (Å²) in [5.41, 5.74) is 1.32. The van der Waals surface area contributed by atoms with Crippen LogP contribution in [-0.4, -0.2) is 150 Å². The molecular weight excluding hydrogens is 862 g/mol. The first-order valence-electron chi connectivity index (χ1n) is 22.8. The third-order valence-corrected chi connectivity index (χ3v) is 13.7. The molecule has 0 spiro atoms. The van der Waals surface area contributed by atoms with Crippen molar-refractivity contribution in [2.24, 2.45) is 17.3 Å². The van der Waals surface area contributed by atoms with Crippen LogP contribution in [0.25, 0.3) is 32.9 Å². The molecule has 66 heavy (non-hydrogen) atoms. The number of aliphatic hydroxyl groups excluding tert-OH is 1. The number of benzene rings is 3. The van der Waals surface area contributed by atoms with Crippen LogP contribution in [-0.2, 0) is 19.1 Å². The molecule has 4 aliphatic rings. The number of piperazine rings is 1. The lowest BCUT2D eigenvalue weighted by Crippen LogP contribution is -2.56. The number of aliphatic hydroxyl groups is 1. The molecule has 4 N–H and O–H groups in total. The summed E-state index contributed by atoms with van der Waals surface area (Å²) in [7, 11) is 1.27. The number of carbonyl (C=O) groups excluding carboxylic acids is 4. The summed E-state index contributed by atoms with van der Waals surface area (Å²) in [6, 6.07) is 11.8. The van der Waals surface area contributed by atoms with Gasteiger partial charge in [0.15, 0.2) is 0 Å². The molecule has 1 aromatic heterocycles. The van der Waals surface area contributed by atoms with Crippen LogP contribution in [0.3, 0.4) is 0 Å². The van der Waals surface area contributed by atoms with E-state index >= 15 is 0 Å². The fourth-order valence-electron chi connectivity index (χ4n) is 9.96. The van der Waals surface area contributed by atoms with Crippen LogP contribution in [0.4, 0.5) is 28.4 Å². The first-order chi connectivity index (χ1) is 31.5. The highest BCUT2D eigenvalue weighted by Crippen LogP contribution is 2.40. The highest BCUT2D eigenvalue weighted by atomic mass is 19.4. The number of halogens is 3. The fourth-order valence-corrected chi connectivity index (χ4v) is 9.96. The van der Waals surface area contributed by atoms with Gasteiger partial charge in [-0.1, -0.05) is 25.1 Å². The first-order valence-corrected chi connectivity index (χ1v) is 22.8. The van der Waals surface area contributed by atoms with Crippen molar-refractivity contribution in [3.8, 4) is 16.9 Å². The van der Waals surface area contributed by atoms with E-state index in [1.54, 1.807) is 47.9 Å². The Bertz CT molecular complexity index is 2420. The number of likely N-dealkylation sites (tertiary alicyclic amines) is 2. The number of carbonyl (C=O) groups is 4. The summed E-state index contributed by atoms with van der Waals surface area (Å²) in [6.45, 7) is 10.1. The number of alkyl halides is 3. The molecule has 3 atom stereocenters. The van der Waals surface area contributed by atoms with E-state index in [1.165, 1.54) is 19.2 Å². The summed E-state index contributed by atoms with van der Waals surface area (Å²) in [4.78, 5) is 68.8. The van der Waals surface area contributed by atoms with Crippen LogP contribution < -0.4 is 15.4 Å². The Morgan fingerprint density at radius 1 is 0.939 bits per heavy atom. The lowest BCUT2D eigenvalue weighted by Gasteiger charge is -2.43. The summed E-state index contributed by atoms with van der Waals surface area (Å²) in [5, 5.41) is 16.6. The molecule has 8 rings (SSSR count). The minimum Gasteiger partial charge on any atom is -0.453 e. The van der Waals surface area contributed by atoms with Crippen molar-refractivity contribution in [2.75, 3.05) is 78.1 Å². The molecule has 19 heteroatoms. The number of nitrogens with one attached hydrogen (secondary N) is 3. The molecule has 3 unspecified atom stereocenters. The minimum atomic E-state index is -5.01. The normalized spacial score (nSPS) is 21.0. The second-order valence-electron chi connectivity index (χ2n) is 18.7. The van der Waals surface area contributed by atoms with Gasteiger partial charge in [-0.2, -0.15) is 0 Å². The van der Waals surface area contributed by atoms with Crippen molar-refractivity contribution in [3.63, 3.8) is 0 Å². The zero-order chi connectivity index (χ0) is 46.9. The van der Waals surface area contributed by atoms with Gasteiger partial charge < -0.3 is 49.6 Å². The van der Waals surface area contributed by atoms with Crippen LogP contribution in [0.1, 0.15) is 64.7 Å². The Hall–Kier alpha value is -5.66. The number of fused-ring (bicyclic) bond motifs is 3. The van der Waals surface area contributed by atoms with Gasteiger partial charge >= 0.3 is 18.5 Å². The molecule has 3 aromatic carbocycles. The summed E-state index contributed by atoms with van der Waals surface area (Å²) in [6.07, 6.45) is -2.21. The molecule has 5 amide bonds. The van der Waals surface area contributed by atoms with E-state index in [0.717, 1.165) is 23.7 Å². The van der Waals surface area contributed by atoms with E-state index < -0.39 is 35.7 Å².